The number of aromatic nitrogens is 1. The summed E-state index contributed by atoms with van der Waals surface area (Å²) >= 11 is 11.8. The zero-order valence-corrected chi connectivity index (χ0v) is 16.0. The summed E-state index contributed by atoms with van der Waals surface area (Å²) in [5, 5.41) is 3.41. The van der Waals surface area contributed by atoms with Crippen LogP contribution in [-0.4, -0.2) is 35.2 Å². The van der Waals surface area contributed by atoms with Crippen molar-refractivity contribution in [2.75, 3.05) is 13.1 Å². The Morgan fingerprint density at radius 3 is 2.67 bits per heavy atom. The molecule has 1 saturated heterocycles. The molecule has 8 heteroatoms. The number of hydrogen-bond acceptors (Lipinski definition) is 3. The highest BCUT2D eigenvalue weighted by Crippen LogP contribution is 2.26. The van der Waals surface area contributed by atoms with E-state index in [9.17, 15) is 13.6 Å². The summed E-state index contributed by atoms with van der Waals surface area (Å²) in [6.45, 7) is 0.920. The smallest absolute Gasteiger partial charge is 0.253 e. The molecule has 2 aromatic rings. The van der Waals surface area contributed by atoms with Crippen LogP contribution >= 0.6 is 23.2 Å². The first-order valence-electron chi connectivity index (χ1n) is 8.67. The Balaban J connectivity index is 1.51. The number of piperidine rings is 1. The highest BCUT2D eigenvalue weighted by molar-refractivity contribution is 6.42. The van der Waals surface area contributed by atoms with Crippen molar-refractivity contribution in [2.45, 2.75) is 25.7 Å². The molecule has 1 fully saturated rings. The molecule has 0 spiro atoms. The summed E-state index contributed by atoms with van der Waals surface area (Å²) in [6.07, 6.45) is 1.23. The topological polar surface area (TPSA) is 45.2 Å². The summed E-state index contributed by atoms with van der Waals surface area (Å²) in [5.41, 5.74) is 0.649. The molecule has 4 nitrogen and oxygen atoms in total. The fourth-order valence-corrected chi connectivity index (χ4v) is 3.41. The molecular formula is C19H19Cl2F2N3O. The van der Waals surface area contributed by atoms with Gasteiger partial charge in [0, 0.05) is 37.3 Å². The Morgan fingerprint density at radius 1 is 1.26 bits per heavy atom. The second kappa shape index (κ2) is 8.95. The van der Waals surface area contributed by atoms with Crippen molar-refractivity contribution in [3.63, 3.8) is 0 Å². The quantitative estimate of drug-likeness (QED) is 0.735. The highest BCUT2D eigenvalue weighted by Gasteiger charge is 2.29. The largest absolute Gasteiger partial charge is 0.339 e. The van der Waals surface area contributed by atoms with Gasteiger partial charge in [-0.1, -0.05) is 23.2 Å². The third-order valence-corrected chi connectivity index (χ3v) is 5.45. The van der Waals surface area contributed by atoms with Crippen LogP contribution in [0, 0.1) is 11.7 Å². The molecule has 3 rings (SSSR count). The molecule has 1 aliphatic rings. The molecule has 1 unspecified atom stereocenters. The van der Waals surface area contributed by atoms with Gasteiger partial charge in [0.25, 0.3) is 5.91 Å². The highest BCUT2D eigenvalue weighted by atomic mass is 35.5. The van der Waals surface area contributed by atoms with Gasteiger partial charge in [-0.15, -0.1) is 0 Å². The van der Waals surface area contributed by atoms with Gasteiger partial charge in [-0.25, -0.2) is 8.78 Å². The van der Waals surface area contributed by atoms with Crippen LogP contribution in [0.4, 0.5) is 8.78 Å². The third kappa shape index (κ3) is 4.94. The van der Waals surface area contributed by atoms with Gasteiger partial charge in [0.15, 0.2) is 6.30 Å². The molecule has 1 aromatic carbocycles. The van der Waals surface area contributed by atoms with Crippen molar-refractivity contribution < 1.29 is 13.6 Å². The van der Waals surface area contributed by atoms with Crippen LogP contribution < -0.4 is 5.32 Å². The molecule has 144 valence electrons. The Kier molecular flexibility index (Phi) is 6.63. The lowest BCUT2D eigenvalue weighted by molar-refractivity contribution is 0.0595. The maximum atomic E-state index is 14.5. The number of amides is 1. The Morgan fingerprint density at radius 2 is 2.00 bits per heavy atom. The maximum absolute atomic E-state index is 14.5. The van der Waals surface area contributed by atoms with Gasteiger partial charge in [-0.05, 0) is 43.2 Å². The van der Waals surface area contributed by atoms with E-state index in [0.29, 0.717) is 41.5 Å². The van der Waals surface area contributed by atoms with Crippen molar-refractivity contribution >= 4 is 29.1 Å². The van der Waals surface area contributed by atoms with Gasteiger partial charge in [-0.3, -0.25) is 15.1 Å². The Labute approximate surface area is 166 Å². The number of rotatable bonds is 5. The standard InChI is InChI=1S/C19H19Cl2F2N3O/c20-14-4-3-13(10-15(14)21)19(27)26-8-5-12(6-9-26)18(23)25-11-17-16(22)2-1-7-24-17/h1-4,7,10,12,18,25H,5-6,8-9,11H2. The van der Waals surface area contributed by atoms with Crippen LogP contribution in [-0.2, 0) is 6.54 Å². The van der Waals surface area contributed by atoms with Crippen LogP contribution in [0.2, 0.25) is 10.0 Å². The van der Waals surface area contributed by atoms with E-state index in [1.54, 1.807) is 23.1 Å². The van der Waals surface area contributed by atoms with E-state index in [1.807, 2.05) is 0 Å². The van der Waals surface area contributed by atoms with E-state index in [1.165, 1.54) is 18.3 Å². The summed E-state index contributed by atoms with van der Waals surface area (Å²) in [5.74, 6) is -0.847. The molecule has 1 N–H and O–H groups in total. The maximum Gasteiger partial charge on any atom is 0.253 e. The normalized spacial score (nSPS) is 16.4. The molecular weight excluding hydrogens is 395 g/mol. The van der Waals surface area contributed by atoms with Crippen molar-refractivity contribution in [1.29, 1.82) is 0 Å². The first-order chi connectivity index (χ1) is 13.0. The van der Waals surface area contributed by atoms with Gasteiger partial charge >= 0.3 is 0 Å². The number of carbonyl (C=O) groups is 1. The predicted octanol–water partition coefficient (Wildman–Crippen LogP) is 4.47. The first-order valence-corrected chi connectivity index (χ1v) is 9.42. The molecule has 2 heterocycles. The van der Waals surface area contributed by atoms with E-state index in [4.69, 9.17) is 23.2 Å². The lowest BCUT2D eigenvalue weighted by Gasteiger charge is -2.33. The summed E-state index contributed by atoms with van der Waals surface area (Å²) < 4.78 is 28.0. The predicted molar refractivity (Wildman–Crippen MR) is 101 cm³/mol. The van der Waals surface area contributed by atoms with Gasteiger partial charge < -0.3 is 4.90 Å². The van der Waals surface area contributed by atoms with Gasteiger partial charge in [-0.2, -0.15) is 0 Å². The molecule has 0 bridgehead atoms. The fraction of sp³-hybridized carbons (Fsp3) is 0.368. The van der Waals surface area contributed by atoms with E-state index < -0.39 is 12.1 Å². The summed E-state index contributed by atoms with van der Waals surface area (Å²) in [7, 11) is 0. The SMILES string of the molecule is O=C(c1ccc(Cl)c(Cl)c1)N1CCC(C(F)NCc2ncccc2F)CC1. The van der Waals surface area contributed by atoms with Crippen molar-refractivity contribution in [3.8, 4) is 0 Å². The van der Waals surface area contributed by atoms with E-state index in [0.717, 1.165) is 0 Å². The number of benzene rings is 1. The van der Waals surface area contributed by atoms with Gasteiger partial charge in [0.2, 0.25) is 0 Å². The minimum Gasteiger partial charge on any atom is -0.339 e. The number of halogens is 4. The number of nitrogens with one attached hydrogen (secondary N) is 1. The van der Waals surface area contributed by atoms with E-state index in [2.05, 4.69) is 10.3 Å². The average molecular weight is 414 g/mol. The number of pyridine rings is 1. The van der Waals surface area contributed by atoms with Crippen molar-refractivity contribution in [1.82, 2.24) is 15.2 Å². The molecule has 1 amide bonds. The van der Waals surface area contributed by atoms with Crippen LogP contribution in [0.5, 0.6) is 0 Å². The van der Waals surface area contributed by atoms with Crippen LogP contribution in [0.15, 0.2) is 36.5 Å². The molecule has 1 aliphatic heterocycles. The van der Waals surface area contributed by atoms with Crippen LogP contribution in [0.3, 0.4) is 0 Å². The fourth-order valence-electron chi connectivity index (χ4n) is 3.12. The third-order valence-electron chi connectivity index (χ3n) is 4.71. The van der Waals surface area contributed by atoms with Crippen molar-refractivity contribution in [2.24, 2.45) is 5.92 Å². The lowest BCUT2D eigenvalue weighted by atomic mass is 9.95. The number of alkyl halides is 1. The minimum atomic E-state index is -1.28. The monoisotopic (exact) mass is 413 g/mol. The average Bonchev–Trinajstić information content (AvgIpc) is 2.69. The lowest BCUT2D eigenvalue weighted by Crippen LogP contribution is -2.43. The first kappa shape index (κ1) is 20.0. The van der Waals surface area contributed by atoms with Crippen molar-refractivity contribution in [3.05, 3.63) is 63.6 Å². The summed E-state index contributed by atoms with van der Waals surface area (Å²) in [6, 6.07) is 7.54. The summed E-state index contributed by atoms with van der Waals surface area (Å²) in [4.78, 5) is 18.1. The number of likely N-dealkylation sites (tertiary alicyclic amines) is 1. The van der Waals surface area contributed by atoms with Crippen LogP contribution in [0.25, 0.3) is 0 Å². The molecule has 1 atom stereocenters. The minimum absolute atomic E-state index is 0.0241. The molecule has 27 heavy (non-hydrogen) atoms. The molecule has 0 saturated carbocycles. The Bertz CT molecular complexity index is 813. The Hall–Kier alpha value is -1.76. The zero-order chi connectivity index (χ0) is 19.4. The van der Waals surface area contributed by atoms with E-state index >= 15 is 0 Å². The second-order valence-corrected chi connectivity index (χ2v) is 7.29. The number of carbonyl (C=O) groups excluding carboxylic acids is 1. The number of nitrogens with zero attached hydrogens (tertiary/aromatic N) is 2. The molecule has 0 radical (unpaired) electrons. The van der Waals surface area contributed by atoms with E-state index in [-0.39, 0.29) is 24.1 Å². The molecule has 0 aliphatic carbocycles. The number of hydrogen-bond donors (Lipinski definition) is 1. The molecule has 1 aromatic heterocycles. The van der Waals surface area contributed by atoms with Crippen LogP contribution in [0.1, 0.15) is 28.9 Å². The van der Waals surface area contributed by atoms with Gasteiger partial charge in [0.1, 0.15) is 5.82 Å². The zero-order valence-electron chi connectivity index (χ0n) is 14.5. The van der Waals surface area contributed by atoms with Gasteiger partial charge in [0.05, 0.1) is 15.7 Å². The second-order valence-electron chi connectivity index (χ2n) is 6.47.